The normalized spacial score (nSPS) is 12.5. The van der Waals surface area contributed by atoms with Gasteiger partial charge >= 0.3 is 0 Å². The third-order valence-corrected chi connectivity index (χ3v) is 14.6. The Kier molecular flexibility index (Phi) is 10.2. The molecule has 0 aromatic heterocycles. The predicted octanol–water partition coefficient (Wildman–Crippen LogP) is 15.2. The van der Waals surface area contributed by atoms with Crippen molar-refractivity contribution in [3.05, 3.63) is 307 Å². The van der Waals surface area contributed by atoms with Gasteiger partial charge in [0.05, 0.1) is 5.41 Å². The van der Waals surface area contributed by atoms with Crippen LogP contribution in [0.15, 0.2) is 285 Å². The van der Waals surface area contributed by atoms with Gasteiger partial charge in [0.25, 0.3) is 6.71 Å². The smallest absolute Gasteiger partial charge is 0.252 e. The number of para-hydroxylation sites is 1. The first-order chi connectivity index (χ1) is 34.7. The van der Waals surface area contributed by atoms with E-state index in [4.69, 9.17) is 0 Å². The molecule has 0 radical (unpaired) electrons. The summed E-state index contributed by atoms with van der Waals surface area (Å²) in [5.74, 6) is 0. The molecule has 0 aliphatic carbocycles. The van der Waals surface area contributed by atoms with E-state index < -0.39 is 5.41 Å². The van der Waals surface area contributed by atoms with E-state index in [9.17, 15) is 0 Å². The molecule has 13 rings (SSSR count). The molecule has 0 saturated heterocycles. The molecule has 70 heavy (non-hydrogen) atoms. The van der Waals surface area contributed by atoms with Crippen molar-refractivity contribution in [2.45, 2.75) is 5.41 Å². The lowest BCUT2D eigenvalue weighted by Gasteiger charge is -2.44. The molecule has 3 heteroatoms. The minimum atomic E-state index is -0.547. The van der Waals surface area contributed by atoms with Gasteiger partial charge in [0.1, 0.15) is 0 Å². The van der Waals surface area contributed by atoms with Crippen LogP contribution < -0.4 is 26.2 Å². The van der Waals surface area contributed by atoms with Gasteiger partial charge in [-0.2, -0.15) is 0 Å². The van der Waals surface area contributed by atoms with Gasteiger partial charge in [-0.05, 0) is 127 Å². The van der Waals surface area contributed by atoms with Crippen molar-refractivity contribution in [3.8, 4) is 33.4 Å². The summed E-state index contributed by atoms with van der Waals surface area (Å²) in [6.07, 6.45) is 0. The van der Waals surface area contributed by atoms with Crippen molar-refractivity contribution in [2.75, 3.05) is 9.80 Å². The summed E-state index contributed by atoms with van der Waals surface area (Å²) in [5.41, 5.74) is 22.3. The highest BCUT2D eigenvalue weighted by atomic mass is 15.2. The zero-order chi connectivity index (χ0) is 46.4. The number of fused-ring (bicyclic) bond motifs is 4. The lowest BCUT2D eigenvalue weighted by Crippen LogP contribution is -2.61. The molecule has 0 saturated carbocycles. The van der Waals surface area contributed by atoms with Crippen LogP contribution in [-0.2, 0) is 5.41 Å². The van der Waals surface area contributed by atoms with Crippen LogP contribution in [0.1, 0.15) is 22.3 Å². The maximum atomic E-state index is 2.54. The highest BCUT2D eigenvalue weighted by molar-refractivity contribution is 7.00. The molecule has 11 aromatic rings. The van der Waals surface area contributed by atoms with Gasteiger partial charge in [0, 0.05) is 34.1 Å². The third-order valence-electron chi connectivity index (χ3n) is 14.6. The maximum Gasteiger partial charge on any atom is 0.252 e. The standard InChI is InChI=1S/C67H47BN2/c1-7-22-48(23-8-1)51-38-43-61-65(47-51)70(59-45-52(49-24-9-2-10-25-49)44-53(46-59)50-26-11-3-12-27-50)64-37-21-36-63-66(64)68(61)60-34-19-20-35-62(60)69(63)58-41-39-57(40-42-58)67(54-28-13-4-14-29-54,55-30-15-5-16-31-55)56-32-17-6-18-33-56/h1-47H. The molecule has 2 aliphatic rings. The lowest BCUT2D eigenvalue weighted by atomic mass is 9.33. The van der Waals surface area contributed by atoms with Gasteiger partial charge < -0.3 is 9.80 Å². The molecule has 0 amide bonds. The second-order valence-electron chi connectivity index (χ2n) is 18.4. The fourth-order valence-corrected chi connectivity index (χ4v) is 11.5. The van der Waals surface area contributed by atoms with E-state index in [1.165, 1.54) is 94.8 Å². The van der Waals surface area contributed by atoms with Crippen LogP contribution in [-0.4, -0.2) is 6.71 Å². The van der Waals surface area contributed by atoms with Crippen molar-refractivity contribution in [1.29, 1.82) is 0 Å². The molecule has 11 aromatic carbocycles. The minimum absolute atomic E-state index is 0.00166. The monoisotopic (exact) mass is 890 g/mol. The summed E-state index contributed by atoms with van der Waals surface area (Å²) in [6, 6.07) is 105. The van der Waals surface area contributed by atoms with Crippen LogP contribution in [0.4, 0.5) is 34.1 Å². The molecular formula is C67H47BN2. The number of hydrogen-bond donors (Lipinski definition) is 0. The van der Waals surface area contributed by atoms with E-state index >= 15 is 0 Å². The Bertz CT molecular complexity index is 3480. The molecule has 2 aliphatic heterocycles. The SMILES string of the molecule is c1ccc(-c2cc(-c3ccccc3)cc(N3c4cc(-c5ccccc5)ccc4B4c5ccccc5N(c5ccc(C(c6ccccc6)(c6ccccc6)c6ccccc6)cc5)c5cccc3c54)c2)cc1. The van der Waals surface area contributed by atoms with Crippen LogP contribution in [0.25, 0.3) is 33.4 Å². The summed E-state index contributed by atoms with van der Waals surface area (Å²) in [4.78, 5) is 5.04. The molecule has 0 bridgehead atoms. The predicted molar refractivity (Wildman–Crippen MR) is 295 cm³/mol. The van der Waals surface area contributed by atoms with Crippen molar-refractivity contribution in [3.63, 3.8) is 0 Å². The Labute approximate surface area is 411 Å². The highest BCUT2D eigenvalue weighted by Gasteiger charge is 2.44. The average molecular weight is 891 g/mol. The molecule has 328 valence electrons. The second kappa shape index (κ2) is 17.3. The molecule has 0 spiro atoms. The van der Waals surface area contributed by atoms with Crippen molar-refractivity contribution in [1.82, 2.24) is 0 Å². The first kappa shape index (κ1) is 41.3. The summed E-state index contributed by atoms with van der Waals surface area (Å²) >= 11 is 0. The van der Waals surface area contributed by atoms with E-state index in [1.807, 2.05) is 0 Å². The molecule has 2 heterocycles. The van der Waals surface area contributed by atoms with Crippen molar-refractivity contribution >= 4 is 57.2 Å². The summed E-state index contributed by atoms with van der Waals surface area (Å²) in [5, 5.41) is 0. The van der Waals surface area contributed by atoms with Crippen LogP contribution >= 0.6 is 0 Å². The Morgan fingerprint density at radius 3 is 1.16 bits per heavy atom. The quantitative estimate of drug-likeness (QED) is 0.105. The third kappa shape index (κ3) is 6.81. The number of anilines is 6. The fraction of sp³-hybridized carbons (Fsp3) is 0.0149. The van der Waals surface area contributed by atoms with Gasteiger partial charge in [-0.3, -0.25) is 0 Å². The molecule has 0 atom stereocenters. The van der Waals surface area contributed by atoms with E-state index in [2.05, 4.69) is 295 Å². The summed E-state index contributed by atoms with van der Waals surface area (Å²) in [6.45, 7) is 0.00166. The lowest BCUT2D eigenvalue weighted by molar-refractivity contribution is 0.745. The Balaban J connectivity index is 1.03. The van der Waals surface area contributed by atoms with E-state index in [-0.39, 0.29) is 6.71 Å². The molecule has 0 N–H and O–H groups in total. The minimum Gasteiger partial charge on any atom is -0.311 e. The topological polar surface area (TPSA) is 6.48 Å². The summed E-state index contributed by atoms with van der Waals surface area (Å²) < 4.78 is 0. The van der Waals surface area contributed by atoms with Crippen molar-refractivity contribution < 1.29 is 0 Å². The van der Waals surface area contributed by atoms with Gasteiger partial charge in [0.2, 0.25) is 0 Å². The number of nitrogens with zero attached hydrogens (tertiary/aromatic N) is 2. The number of rotatable bonds is 9. The zero-order valence-corrected chi connectivity index (χ0v) is 38.6. The Morgan fingerprint density at radius 1 is 0.243 bits per heavy atom. The van der Waals surface area contributed by atoms with Crippen LogP contribution in [0.5, 0.6) is 0 Å². The number of hydrogen-bond acceptors (Lipinski definition) is 2. The Hall–Kier alpha value is -8.92. The van der Waals surface area contributed by atoms with E-state index in [0.29, 0.717) is 0 Å². The fourth-order valence-electron chi connectivity index (χ4n) is 11.5. The average Bonchev–Trinajstić information content (AvgIpc) is 3.45. The van der Waals surface area contributed by atoms with Crippen molar-refractivity contribution in [2.24, 2.45) is 0 Å². The highest BCUT2D eigenvalue weighted by Crippen LogP contribution is 2.49. The first-order valence-electron chi connectivity index (χ1n) is 24.3. The van der Waals surface area contributed by atoms with Crippen LogP contribution in [0.2, 0.25) is 0 Å². The molecular weight excluding hydrogens is 844 g/mol. The zero-order valence-electron chi connectivity index (χ0n) is 38.6. The number of benzene rings is 11. The first-order valence-corrected chi connectivity index (χ1v) is 24.3. The maximum absolute atomic E-state index is 2.54. The van der Waals surface area contributed by atoms with Crippen LogP contribution in [0, 0.1) is 0 Å². The van der Waals surface area contributed by atoms with E-state index in [1.54, 1.807) is 0 Å². The van der Waals surface area contributed by atoms with Gasteiger partial charge in [-0.25, -0.2) is 0 Å². The molecule has 2 nitrogen and oxygen atoms in total. The van der Waals surface area contributed by atoms with E-state index in [0.717, 1.165) is 11.4 Å². The Morgan fingerprint density at radius 2 is 0.643 bits per heavy atom. The summed E-state index contributed by atoms with van der Waals surface area (Å²) in [7, 11) is 0. The molecule has 0 unspecified atom stereocenters. The largest absolute Gasteiger partial charge is 0.311 e. The second-order valence-corrected chi connectivity index (χ2v) is 18.4. The van der Waals surface area contributed by atoms with Gasteiger partial charge in [-0.15, -0.1) is 0 Å². The van der Waals surface area contributed by atoms with Crippen LogP contribution in [0.3, 0.4) is 0 Å². The molecule has 0 fully saturated rings. The van der Waals surface area contributed by atoms with Gasteiger partial charge in [-0.1, -0.05) is 231 Å². The van der Waals surface area contributed by atoms with Gasteiger partial charge in [0.15, 0.2) is 0 Å².